The molecule has 0 saturated heterocycles. The van der Waals surface area contributed by atoms with Gasteiger partial charge in [0, 0.05) is 0 Å². The SMILES string of the molecule is CC(C)(C)[Si](C)(C)OC/C=C/[C@@H](OCc1ccccc1)[C@@H](OCc1ccccc1)[C@H](COCc1ccccc1)OS(=O)(=O)CCl. The minimum atomic E-state index is -4.10. The molecule has 10 heteroatoms. The number of benzene rings is 3. The van der Waals surface area contributed by atoms with E-state index in [1.807, 2.05) is 103 Å². The molecule has 0 radical (unpaired) electrons. The lowest BCUT2D eigenvalue weighted by atomic mass is 10.1. The van der Waals surface area contributed by atoms with Crippen LogP contribution < -0.4 is 0 Å². The Kier molecular flexibility index (Phi) is 14.9. The van der Waals surface area contributed by atoms with Crippen molar-refractivity contribution in [2.75, 3.05) is 18.4 Å². The van der Waals surface area contributed by atoms with Crippen molar-refractivity contribution in [3.05, 3.63) is 120 Å². The van der Waals surface area contributed by atoms with Crippen molar-refractivity contribution >= 4 is 30.0 Å². The monoisotopic (exact) mass is 674 g/mol. The summed E-state index contributed by atoms with van der Waals surface area (Å²) in [4.78, 5) is 0. The Morgan fingerprint density at radius 3 is 1.76 bits per heavy atom. The van der Waals surface area contributed by atoms with Crippen LogP contribution in [0.25, 0.3) is 0 Å². The normalized spacial score (nSPS) is 14.8. The maximum Gasteiger partial charge on any atom is 0.281 e. The summed E-state index contributed by atoms with van der Waals surface area (Å²) in [5.41, 5.74) is 2.82. The van der Waals surface area contributed by atoms with Crippen molar-refractivity contribution in [1.29, 1.82) is 0 Å². The van der Waals surface area contributed by atoms with E-state index in [9.17, 15) is 8.42 Å². The molecular weight excluding hydrogens is 628 g/mol. The average Bonchev–Trinajstić information content (AvgIpc) is 3.02. The fourth-order valence-electron chi connectivity index (χ4n) is 4.13. The lowest BCUT2D eigenvalue weighted by Crippen LogP contribution is -2.45. The van der Waals surface area contributed by atoms with Gasteiger partial charge in [0.05, 0.1) is 33.0 Å². The maximum absolute atomic E-state index is 12.7. The van der Waals surface area contributed by atoms with Crippen molar-refractivity contribution in [1.82, 2.24) is 0 Å². The molecule has 246 valence electrons. The summed E-state index contributed by atoms with van der Waals surface area (Å²) < 4.78 is 56.5. The molecular formula is C35H47ClO7SSi. The molecule has 7 nitrogen and oxygen atoms in total. The second kappa shape index (κ2) is 18.1. The number of halogens is 1. The zero-order valence-electron chi connectivity index (χ0n) is 26.9. The van der Waals surface area contributed by atoms with Crippen LogP contribution in [0.1, 0.15) is 37.5 Å². The zero-order valence-corrected chi connectivity index (χ0v) is 29.5. The molecule has 0 amide bonds. The summed E-state index contributed by atoms with van der Waals surface area (Å²) >= 11 is 5.79. The number of rotatable bonds is 19. The second-order valence-electron chi connectivity index (χ2n) is 12.3. The van der Waals surface area contributed by atoms with E-state index in [2.05, 4.69) is 33.9 Å². The second-order valence-corrected chi connectivity index (χ2v) is 19.3. The van der Waals surface area contributed by atoms with Gasteiger partial charge in [-0.2, -0.15) is 8.42 Å². The molecule has 3 aromatic carbocycles. The van der Waals surface area contributed by atoms with E-state index in [-0.39, 0.29) is 31.5 Å². The Morgan fingerprint density at radius 2 is 1.27 bits per heavy atom. The lowest BCUT2D eigenvalue weighted by molar-refractivity contribution is -0.124. The molecule has 0 unspecified atom stereocenters. The summed E-state index contributed by atoms with van der Waals surface area (Å²) in [6.07, 6.45) is 1.12. The standard InChI is InChI=1S/C35H47ClO7SSi/c1-35(2,3)45(4,5)42-23-15-22-32(40-25-30-18-11-7-12-19-30)34(41-26-31-20-13-8-14-21-31)33(43-44(37,38)28-36)27-39-24-29-16-9-6-10-17-29/h6-22,32-34H,23-28H2,1-5H3/b22-15+/t32-,33+,34-/m1/s1. The fraction of sp³-hybridized carbons (Fsp3) is 0.429. The highest BCUT2D eigenvalue weighted by Crippen LogP contribution is 2.36. The highest BCUT2D eigenvalue weighted by Gasteiger charge is 2.37. The molecule has 0 N–H and O–H groups in total. The summed E-state index contributed by atoms with van der Waals surface area (Å²) in [6.45, 7) is 12.0. The van der Waals surface area contributed by atoms with Gasteiger partial charge in [-0.05, 0) is 34.8 Å². The van der Waals surface area contributed by atoms with Crippen LogP contribution in [0.2, 0.25) is 18.1 Å². The smallest absolute Gasteiger partial charge is 0.281 e. The van der Waals surface area contributed by atoms with E-state index in [4.69, 9.17) is 34.4 Å². The van der Waals surface area contributed by atoms with E-state index in [0.29, 0.717) is 6.61 Å². The molecule has 0 spiro atoms. The van der Waals surface area contributed by atoms with Gasteiger partial charge >= 0.3 is 0 Å². The van der Waals surface area contributed by atoms with Crippen molar-refractivity contribution in [3.8, 4) is 0 Å². The van der Waals surface area contributed by atoms with Crippen LogP contribution in [-0.2, 0) is 52.8 Å². The van der Waals surface area contributed by atoms with Gasteiger partial charge in [0.2, 0.25) is 0 Å². The topological polar surface area (TPSA) is 80.3 Å². The van der Waals surface area contributed by atoms with Crippen LogP contribution >= 0.6 is 11.6 Å². The summed E-state index contributed by atoms with van der Waals surface area (Å²) in [5.74, 6) is 0. The fourth-order valence-corrected chi connectivity index (χ4v) is 5.82. The van der Waals surface area contributed by atoms with Crippen LogP contribution in [0.4, 0.5) is 0 Å². The van der Waals surface area contributed by atoms with Crippen molar-refractivity contribution in [3.63, 3.8) is 0 Å². The molecule has 0 aliphatic rings. The minimum Gasteiger partial charge on any atom is -0.413 e. The Morgan fingerprint density at radius 1 is 0.778 bits per heavy atom. The average molecular weight is 675 g/mol. The Labute approximate surface area is 275 Å². The van der Waals surface area contributed by atoms with E-state index in [1.54, 1.807) is 0 Å². The third-order valence-corrected chi connectivity index (χ3v) is 13.8. The predicted molar refractivity (Wildman–Crippen MR) is 183 cm³/mol. The summed E-state index contributed by atoms with van der Waals surface area (Å²) in [5, 5.41) is -0.657. The first-order chi connectivity index (χ1) is 21.4. The maximum atomic E-state index is 12.7. The highest BCUT2D eigenvalue weighted by molar-refractivity contribution is 7.87. The van der Waals surface area contributed by atoms with Crippen LogP contribution in [0, 0.1) is 0 Å². The lowest BCUT2D eigenvalue weighted by Gasteiger charge is -2.36. The van der Waals surface area contributed by atoms with Gasteiger partial charge in [-0.3, -0.25) is 4.18 Å². The first kappa shape index (κ1) is 37.1. The summed E-state index contributed by atoms with van der Waals surface area (Å²) in [6, 6.07) is 29.0. The van der Waals surface area contributed by atoms with Gasteiger partial charge in [-0.15, -0.1) is 11.6 Å². The van der Waals surface area contributed by atoms with Gasteiger partial charge in [-0.1, -0.05) is 124 Å². The largest absolute Gasteiger partial charge is 0.413 e. The minimum absolute atomic E-state index is 0.0519. The van der Waals surface area contributed by atoms with Crippen molar-refractivity contribution in [2.24, 2.45) is 0 Å². The van der Waals surface area contributed by atoms with E-state index < -0.39 is 42.0 Å². The molecule has 0 bridgehead atoms. The zero-order chi connectivity index (χ0) is 32.8. The molecule has 3 atom stereocenters. The van der Waals surface area contributed by atoms with E-state index >= 15 is 0 Å². The number of hydrogen-bond acceptors (Lipinski definition) is 7. The molecule has 0 saturated carbocycles. The predicted octanol–water partition coefficient (Wildman–Crippen LogP) is 7.86. The Balaban J connectivity index is 1.94. The number of alkyl halides is 1. The Bertz CT molecular complexity index is 1380. The number of ether oxygens (including phenoxy) is 3. The molecule has 0 aliphatic heterocycles. The van der Waals surface area contributed by atoms with Gasteiger partial charge < -0.3 is 18.6 Å². The third kappa shape index (κ3) is 13.1. The molecule has 3 rings (SSSR count). The number of hydrogen-bond donors (Lipinski definition) is 0. The third-order valence-electron chi connectivity index (χ3n) is 7.73. The van der Waals surface area contributed by atoms with Crippen LogP contribution in [0.3, 0.4) is 0 Å². The van der Waals surface area contributed by atoms with Gasteiger partial charge in [-0.25, -0.2) is 0 Å². The quantitative estimate of drug-likeness (QED) is 0.0554. The molecule has 3 aromatic rings. The molecule has 0 fully saturated rings. The van der Waals surface area contributed by atoms with Crippen molar-refractivity contribution < 1.29 is 31.2 Å². The van der Waals surface area contributed by atoms with Crippen molar-refractivity contribution in [2.45, 2.75) is 77.0 Å². The Hall–Kier alpha value is -2.34. The van der Waals surface area contributed by atoms with E-state index in [1.165, 1.54) is 0 Å². The molecule has 0 heterocycles. The van der Waals surface area contributed by atoms with Gasteiger partial charge in [0.25, 0.3) is 10.1 Å². The van der Waals surface area contributed by atoms with Gasteiger partial charge in [0.1, 0.15) is 23.5 Å². The first-order valence-corrected chi connectivity index (χ1v) is 20.1. The molecule has 0 aliphatic carbocycles. The van der Waals surface area contributed by atoms with Crippen LogP contribution in [0.15, 0.2) is 103 Å². The van der Waals surface area contributed by atoms with Gasteiger partial charge in [0.15, 0.2) is 8.32 Å². The highest BCUT2D eigenvalue weighted by atomic mass is 35.5. The van der Waals surface area contributed by atoms with Crippen LogP contribution in [0.5, 0.6) is 0 Å². The molecule has 45 heavy (non-hydrogen) atoms. The first-order valence-electron chi connectivity index (χ1n) is 15.1. The summed E-state index contributed by atoms with van der Waals surface area (Å²) in [7, 11) is -6.10. The van der Waals surface area contributed by atoms with Crippen LogP contribution in [-0.4, -0.2) is 53.5 Å². The van der Waals surface area contributed by atoms with E-state index in [0.717, 1.165) is 16.7 Å². The molecule has 0 aromatic heterocycles.